The summed E-state index contributed by atoms with van der Waals surface area (Å²) in [5, 5.41) is 63.4. The van der Waals surface area contributed by atoms with Crippen LogP contribution in [0, 0.1) is 23.6 Å². The van der Waals surface area contributed by atoms with Crippen molar-refractivity contribution in [1.82, 2.24) is 39.9 Å². The Bertz CT molecular complexity index is 4130. The molecule has 0 spiro atoms. The molecule has 0 bridgehead atoms. The molecule has 4 saturated carbocycles. The van der Waals surface area contributed by atoms with Gasteiger partial charge in [0.2, 0.25) is 23.8 Å². The van der Waals surface area contributed by atoms with Crippen molar-refractivity contribution in [3.8, 4) is 0 Å². The van der Waals surface area contributed by atoms with E-state index in [1.807, 2.05) is 83.1 Å². The van der Waals surface area contributed by atoms with Gasteiger partial charge in [0, 0.05) is 95.7 Å². The minimum absolute atomic E-state index is 0.00698. The van der Waals surface area contributed by atoms with E-state index in [4.69, 9.17) is 53.1 Å². The van der Waals surface area contributed by atoms with Crippen molar-refractivity contribution in [3.63, 3.8) is 0 Å². The molecule has 28 nitrogen and oxygen atoms in total. The standard InChI is InChI=1S/4C16H27N5O2/c4*1-9-5-6-10(7-12(9)22)19-14-11(13(17)23)8-18-15(20-14)21-16(2,3)4/h4*8-10,12,22H,5-7H2,1-4H3,(H2,17,23)(H2,18,19,20,21)/i5D,6D2,7D2,10D,12D;5D,6D2,7D2,10D;6D2,7D2,10D;1D3,9D. The first kappa shape index (κ1) is 48.2. The summed E-state index contributed by atoms with van der Waals surface area (Å²) in [6.45, 7) is 23.8. The second-order valence-electron chi connectivity index (χ2n) is 26.3. The third-order valence-corrected chi connectivity index (χ3v) is 12.8. The van der Waals surface area contributed by atoms with Crippen molar-refractivity contribution in [2.45, 2.75) is 258 Å². The molecule has 4 aromatic rings. The van der Waals surface area contributed by atoms with Gasteiger partial charge in [-0.15, -0.1) is 0 Å². The van der Waals surface area contributed by atoms with E-state index in [1.165, 1.54) is 27.0 Å². The normalized spacial score (nSPS) is 37.5. The van der Waals surface area contributed by atoms with Crippen LogP contribution in [0.15, 0.2) is 24.8 Å². The number of anilines is 8. The lowest BCUT2D eigenvalue weighted by atomic mass is 9.85. The lowest BCUT2D eigenvalue weighted by molar-refractivity contribution is 0.0737. The number of amides is 4. The molecular formula is C64H108N20O8. The number of carbonyl (C=O) groups is 4. The van der Waals surface area contributed by atoms with Gasteiger partial charge in [-0.1, -0.05) is 27.6 Å². The lowest BCUT2D eigenvalue weighted by Gasteiger charge is -2.32. The summed E-state index contributed by atoms with van der Waals surface area (Å²) < 4.78 is 180. The number of nitrogens with one attached hydrogen (secondary N) is 8. The second kappa shape index (κ2) is 32.3. The Morgan fingerprint density at radius 3 is 1.13 bits per heavy atom. The molecular weight excluding hydrogens is 1180 g/mol. The number of hydrogen-bond acceptors (Lipinski definition) is 24. The molecule has 4 amide bonds. The van der Waals surface area contributed by atoms with Crippen LogP contribution in [0.1, 0.15) is 259 Å². The van der Waals surface area contributed by atoms with Crippen molar-refractivity contribution in [1.29, 1.82) is 0 Å². The molecule has 0 radical (unpaired) electrons. The molecule has 4 aliphatic carbocycles. The number of nitrogens with two attached hydrogens (primary N) is 4. The van der Waals surface area contributed by atoms with Crippen LogP contribution in [0.4, 0.5) is 47.1 Å². The Balaban J connectivity index is 0.000000272. The van der Waals surface area contributed by atoms with Crippen molar-refractivity contribution in [3.05, 3.63) is 47.0 Å². The molecule has 0 saturated heterocycles. The van der Waals surface area contributed by atoms with Crippen LogP contribution in [-0.2, 0) is 0 Å². The molecule has 512 valence electrons. The summed E-state index contributed by atoms with van der Waals surface area (Å²) in [4.78, 5) is 79.7. The van der Waals surface area contributed by atoms with Crippen molar-refractivity contribution in [2.75, 3.05) is 42.5 Å². The highest BCUT2D eigenvalue weighted by Crippen LogP contribution is 2.32. The van der Waals surface area contributed by atoms with Crippen LogP contribution in [0.25, 0.3) is 0 Å². The van der Waals surface area contributed by atoms with E-state index in [9.17, 15) is 39.6 Å². The van der Waals surface area contributed by atoms with Gasteiger partial charge in [-0.05, 0) is 183 Å². The Morgan fingerprint density at radius 1 is 0.467 bits per heavy atom. The van der Waals surface area contributed by atoms with Crippen molar-refractivity contribution < 1.29 is 69.8 Å². The minimum atomic E-state index is -3.22. The molecule has 0 aromatic carbocycles. The van der Waals surface area contributed by atoms with E-state index in [2.05, 4.69) is 82.4 Å². The average molecular weight is 1310 g/mol. The van der Waals surface area contributed by atoms with Crippen molar-refractivity contribution in [2.24, 2.45) is 46.6 Å². The van der Waals surface area contributed by atoms with E-state index < -0.39 is 170 Å². The van der Waals surface area contributed by atoms with Gasteiger partial charge in [-0.25, -0.2) is 19.9 Å². The van der Waals surface area contributed by atoms with Gasteiger partial charge in [-0.2, -0.15) is 19.9 Å². The van der Waals surface area contributed by atoms with Gasteiger partial charge in [0.15, 0.2) is 0 Å². The van der Waals surface area contributed by atoms with Crippen LogP contribution >= 0.6 is 0 Å². The van der Waals surface area contributed by atoms with E-state index in [-0.39, 0.29) is 88.4 Å². The molecule has 0 aliphatic heterocycles. The summed E-state index contributed by atoms with van der Waals surface area (Å²) >= 11 is 0. The first-order valence-electron chi connectivity index (χ1n) is 40.7. The molecule has 20 N–H and O–H groups in total. The highest BCUT2D eigenvalue weighted by atomic mass is 16.3. The summed E-state index contributed by atoms with van der Waals surface area (Å²) in [5.74, 6) is -9.18. The maximum absolute atomic E-state index is 11.8. The summed E-state index contributed by atoms with van der Waals surface area (Å²) in [6.07, 6.45) is -23.2. The molecule has 92 heavy (non-hydrogen) atoms. The van der Waals surface area contributed by atoms with Crippen LogP contribution in [0.3, 0.4) is 0 Å². The molecule has 28 heteroatoms. The number of primary amides is 4. The monoisotopic (exact) mass is 1310 g/mol. The number of aromatic nitrogens is 8. The van der Waals surface area contributed by atoms with Crippen LogP contribution in [-0.4, -0.2) is 155 Å². The fourth-order valence-electron chi connectivity index (χ4n) is 8.06. The van der Waals surface area contributed by atoms with E-state index in [0.717, 1.165) is 18.6 Å². The molecule has 4 aliphatic rings. The zero-order valence-corrected chi connectivity index (χ0v) is 54.6. The third kappa shape index (κ3) is 24.8. The molecule has 4 aromatic heterocycles. The topological polar surface area (TPSA) is 453 Å². The van der Waals surface area contributed by atoms with Gasteiger partial charge >= 0.3 is 0 Å². The van der Waals surface area contributed by atoms with Crippen LogP contribution < -0.4 is 65.5 Å². The van der Waals surface area contributed by atoms with Crippen molar-refractivity contribution >= 4 is 70.7 Å². The molecule has 8 rings (SSSR count). The summed E-state index contributed by atoms with van der Waals surface area (Å²) in [7, 11) is 0. The smallest absolute Gasteiger partial charge is 0.254 e. The van der Waals surface area contributed by atoms with Gasteiger partial charge in [0.05, 0.1) is 52.1 Å². The maximum Gasteiger partial charge on any atom is 0.254 e. The lowest BCUT2D eigenvalue weighted by Crippen LogP contribution is -2.36. The Morgan fingerprint density at radius 2 is 0.793 bits per heavy atom. The fourth-order valence-corrected chi connectivity index (χ4v) is 8.06. The van der Waals surface area contributed by atoms with Crippen LogP contribution in [0.2, 0.25) is 0 Å². The fraction of sp³-hybridized carbons (Fsp3) is 0.688. The van der Waals surface area contributed by atoms with E-state index >= 15 is 0 Å². The first-order chi connectivity index (χ1) is 51.0. The second-order valence-corrected chi connectivity index (χ2v) is 26.3. The predicted octanol–water partition coefficient (Wildman–Crippen LogP) is 6.99. The largest absolute Gasteiger partial charge is 0.393 e. The molecule has 14 unspecified atom stereocenters. The number of nitrogens with zero attached hydrogens (tertiary/aromatic N) is 8. The predicted molar refractivity (Wildman–Crippen MR) is 361 cm³/mol. The zero-order chi connectivity index (χ0) is 88.4. The Kier molecular flexibility index (Phi) is 16.9. The van der Waals surface area contributed by atoms with Gasteiger partial charge in [-0.3, -0.25) is 19.2 Å². The number of rotatable bonds is 16. The quantitative estimate of drug-likeness (QED) is 0.0537. The third-order valence-electron chi connectivity index (χ3n) is 12.8. The highest BCUT2D eigenvalue weighted by Gasteiger charge is 2.32. The van der Waals surface area contributed by atoms with E-state index in [1.54, 1.807) is 0 Å². The Hall–Kier alpha value is -7.56. The average Bonchev–Trinajstić information content (AvgIpc) is 0.706. The number of hydrogen-bond donors (Lipinski definition) is 16. The zero-order valence-electron chi connectivity index (χ0n) is 76.6. The molecule has 4 heterocycles. The summed E-state index contributed by atoms with van der Waals surface area (Å²) in [5.41, 5.74) is 19.0. The SMILES string of the molecule is [2H]C([2H])([2H])C1([2H])CCC(Nc2nc(NC(C)(C)C)ncc2C(N)=O)CC1O.[2H]C1([2H])CC(C)C(O)C([2H])([2H])C1([2H])Nc1nc(NC(C)(C)C)ncc1C(N)=O.[2H]C1C(C)C(O)C([2H])([2H])C([2H])(Nc2nc(NC(C)(C)C)ncc2C(N)=O)C1([2H])[2H].[2H]C1C(C)C([2H])(O)C([2H])([2H])C([2H])(Nc2nc(NC(C)(C)C)ncc2C(N)=O)C1([2H])[2H]. The Labute approximate surface area is 573 Å². The van der Waals surface area contributed by atoms with Gasteiger partial charge in [0.25, 0.3) is 23.6 Å². The highest BCUT2D eigenvalue weighted by molar-refractivity contribution is 5.99. The molecule has 14 atom stereocenters. The number of aliphatic hydroxyl groups excluding tert-OH is 3. The first-order valence-corrected chi connectivity index (χ1v) is 29.5. The van der Waals surface area contributed by atoms with Gasteiger partial charge < -0.3 is 85.9 Å². The molecule has 4 fully saturated rings. The summed E-state index contributed by atoms with van der Waals surface area (Å²) in [6, 6.07) is -8.91. The number of aliphatic hydroxyl groups is 4. The maximum atomic E-state index is 11.8. The van der Waals surface area contributed by atoms with Crippen LogP contribution in [0.5, 0.6) is 0 Å². The van der Waals surface area contributed by atoms with Gasteiger partial charge in [0.1, 0.15) is 23.3 Å². The minimum Gasteiger partial charge on any atom is -0.393 e. The van der Waals surface area contributed by atoms with E-state index in [0.29, 0.717) is 12.4 Å². The number of carbonyl (C=O) groups excluding carboxylic acids is 4.